The number of hydrogen-bond donors (Lipinski definition) is 2. The minimum Gasteiger partial charge on any atom is -0.347 e. The number of rotatable bonds is 3. The Balaban J connectivity index is 2.18. The number of amides is 2. The van der Waals surface area contributed by atoms with Crippen LogP contribution in [0, 0.1) is 0 Å². The zero-order chi connectivity index (χ0) is 17.0. The summed E-state index contributed by atoms with van der Waals surface area (Å²) in [5, 5.41) is 5.71. The van der Waals surface area contributed by atoms with E-state index in [2.05, 4.69) is 26.6 Å². The molecule has 0 unspecified atom stereocenters. The fourth-order valence-corrected chi connectivity index (χ4v) is 2.36. The fraction of sp³-hybridized carbons (Fsp3) is 0.222. The Morgan fingerprint density at radius 3 is 2.13 bits per heavy atom. The van der Waals surface area contributed by atoms with Gasteiger partial charge in [-0.1, -0.05) is 18.2 Å². The summed E-state index contributed by atoms with van der Waals surface area (Å²) in [6, 6.07) is 14.0. The van der Waals surface area contributed by atoms with Crippen LogP contribution >= 0.6 is 15.9 Å². The number of carbonyl (C=O) groups excluding carboxylic acids is 2. The number of anilines is 1. The van der Waals surface area contributed by atoms with Gasteiger partial charge < -0.3 is 10.6 Å². The molecular formula is C18H19BrN2O2. The summed E-state index contributed by atoms with van der Waals surface area (Å²) in [5.74, 6) is -0.463. The van der Waals surface area contributed by atoms with E-state index < -0.39 is 0 Å². The maximum atomic E-state index is 12.4. The summed E-state index contributed by atoms with van der Waals surface area (Å²) in [5.41, 5.74) is 1.24. The predicted octanol–water partition coefficient (Wildman–Crippen LogP) is 4.23. The standard InChI is InChI=1S/C18H19BrN2O2/c1-18(2,3)21-17(23)13-8-6-7-12(11-13)16(22)20-15-10-5-4-9-14(15)19/h4-11H,1-3H3,(H,20,22)(H,21,23). The molecule has 4 nitrogen and oxygen atoms in total. The quantitative estimate of drug-likeness (QED) is 0.844. The number of nitrogens with one attached hydrogen (secondary N) is 2. The molecule has 0 radical (unpaired) electrons. The summed E-state index contributed by atoms with van der Waals surface area (Å²) >= 11 is 3.39. The van der Waals surface area contributed by atoms with Crippen molar-refractivity contribution in [3.63, 3.8) is 0 Å². The van der Waals surface area contributed by atoms with E-state index >= 15 is 0 Å². The first kappa shape index (κ1) is 17.2. The predicted molar refractivity (Wildman–Crippen MR) is 95.8 cm³/mol. The SMILES string of the molecule is CC(C)(C)NC(=O)c1cccc(C(=O)Nc2ccccc2Br)c1. The molecule has 2 rings (SSSR count). The molecule has 0 aliphatic rings. The van der Waals surface area contributed by atoms with E-state index in [1.165, 1.54) is 0 Å². The number of benzene rings is 2. The molecule has 0 aliphatic carbocycles. The molecule has 2 aromatic rings. The van der Waals surface area contributed by atoms with Crippen molar-refractivity contribution in [2.45, 2.75) is 26.3 Å². The maximum Gasteiger partial charge on any atom is 0.255 e. The Kier molecular flexibility index (Phi) is 5.21. The number of hydrogen-bond acceptors (Lipinski definition) is 2. The Labute approximate surface area is 144 Å². The zero-order valence-electron chi connectivity index (χ0n) is 13.3. The second-order valence-electron chi connectivity index (χ2n) is 6.22. The molecule has 23 heavy (non-hydrogen) atoms. The summed E-state index contributed by atoms with van der Waals surface area (Å²) < 4.78 is 0.801. The lowest BCUT2D eigenvalue weighted by Gasteiger charge is -2.20. The van der Waals surface area contributed by atoms with Crippen LogP contribution in [-0.2, 0) is 0 Å². The molecule has 0 fully saturated rings. The smallest absolute Gasteiger partial charge is 0.255 e. The highest BCUT2D eigenvalue weighted by Gasteiger charge is 2.16. The van der Waals surface area contributed by atoms with Gasteiger partial charge in [0.2, 0.25) is 0 Å². The molecule has 0 spiro atoms. The number of para-hydroxylation sites is 1. The third-order valence-corrected chi connectivity index (χ3v) is 3.69. The highest BCUT2D eigenvalue weighted by molar-refractivity contribution is 9.10. The van der Waals surface area contributed by atoms with Crippen LogP contribution in [0.25, 0.3) is 0 Å². The van der Waals surface area contributed by atoms with Crippen molar-refractivity contribution in [3.05, 3.63) is 64.1 Å². The maximum absolute atomic E-state index is 12.4. The van der Waals surface area contributed by atoms with E-state index in [0.717, 1.165) is 4.47 Å². The van der Waals surface area contributed by atoms with Crippen molar-refractivity contribution >= 4 is 33.4 Å². The molecule has 0 saturated heterocycles. The van der Waals surface area contributed by atoms with Crippen molar-refractivity contribution in [2.75, 3.05) is 5.32 Å². The van der Waals surface area contributed by atoms with Gasteiger partial charge in [-0.15, -0.1) is 0 Å². The third-order valence-electron chi connectivity index (χ3n) is 3.00. The molecule has 2 amide bonds. The van der Waals surface area contributed by atoms with E-state index in [0.29, 0.717) is 16.8 Å². The van der Waals surface area contributed by atoms with Crippen LogP contribution in [0.1, 0.15) is 41.5 Å². The van der Waals surface area contributed by atoms with E-state index in [9.17, 15) is 9.59 Å². The molecule has 120 valence electrons. The van der Waals surface area contributed by atoms with Gasteiger partial charge in [-0.05, 0) is 67.0 Å². The van der Waals surface area contributed by atoms with E-state index in [-0.39, 0.29) is 17.4 Å². The van der Waals surface area contributed by atoms with Crippen LogP contribution in [0.15, 0.2) is 53.0 Å². The van der Waals surface area contributed by atoms with Crippen LogP contribution in [0.4, 0.5) is 5.69 Å². The molecule has 0 aliphatic heterocycles. The minimum absolute atomic E-state index is 0.201. The van der Waals surface area contributed by atoms with E-state index in [1.54, 1.807) is 30.3 Å². The highest BCUT2D eigenvalue weighted by atomic mass is 79.9. The first-order chi connectivity index (χ1) is 10.8. The lowest BCUT2D eigenvalue weighted by atomic mass is 10.1. The number of halogens is 1. The lowest BCUT2D eigenvalue weighted by Crippen LogP contribution is -2.40. The van der Waals surface area contributed by atoms with Crippen LogP contribution in [0.5, 0.6) is 0 Å². The average Bonchev–Trinajstić information content (AvgIpc) is 2.48. The monoisotopic (exact) mass is 374 g/mol. The highest BCUT2D eigenvalue weighted by Crippen LogP contribution is 2.22. The normalized spacial score (nSPS) is 11.0. The van der Waals surface area contributed by atoms with Crippen molar-refractivity contribution in [3.8, 4) is 0 Å². The van der Waals surface area contributed by atoms with Crippen molar-refractivity contribution in [2.24, 2.45) is 0 Å². The zero-order valence-corrected chi connectivity index (χ0v) is 14.9. The topological polar surface area (TPSA) is 58.2 Å². The summed E-state index contributed by atoms with van der Waals surface area (Å²) in [4.78, 5) is 24.6. The summed E-state index contributed by atoms with van der Waals surface area (Å²) in [6.45, 7) is 5.73. The second-order valence-corrected chi connectivity index (χ2v) is 7.07. The van der Waals surface area contributed by atoms with Gasteiger partial charge >= 0.3 is 0 Å². The molecule has 0 aromatic heterocycles. The first-order valence-electron chi connectivity index (χ1n) is 7.25. The molecule has 0 heterocycles. The van der Waals surface area contributed by atoms with Crippen molar-refractivity contribution in [1.82, 2.24) is 5.32 Å². The van der Waals surface area contributed by atoms with E-state index in [1.807, 2.05) is 39.0 Å². The largest absolute Gasteiger partial charge is 0.347 e. The van der Waals surface area contributed by atoms with Crippen LogP contribution in [-0.4, -0.2) is 17.4 Å². The fourth-order valence-electron chi connectivity index (χ4n) is 1.97. The van der Waals surface area contributed by atoms with Gasteiger partial charge in [0.25, 0.3) is 11.8 Å². The summed E-state index contributed by atoms with van der Waals surface area (Å²) in [6.07, 6.45) is 0. The van der Waals surface area contributed by atoms with Crippen LogP contribution in [0.2, 0.25) is 0 Å². The molecular weight excluding hydrogens is 356 g/mol. The molecule has 0 atom stereocenters. The second kappa shape index (κ2) is 6.96. The van der Waals surface area contributed by atoms with Gasteiger partial charge in [0, 0.05) is 21.1 Å². The Bertz CT molecular complexity index is 736. The van der Waals surface area contributed by atoms with Crippen molar-refractivity contribution < 1.29 is 9.59 Å². The van der Waals surface area contributed by atoms with Gasteiger partial charge in [0.1, 0.15) is 0 Å². The molecule has 0 saturated carbocycles. The van der Waals surface area contributed by atoms with Gasteiger partial charge in [0.05, 0.1) is 5.69 Å². The van der Waals surface area contributed by atoms with Gasteiger partial charge in [-0.2, -0.15) is 0 Å². The molecule has 2 aromatic carbocycles. The van der Waals surface area contributed by atoms with Gasteiger partial charge in [-0.3, -0.25) is 9.59 Å². The first-order valence-corrected chi connectivity index (χ1v) is 8.04. The van der Waals surface area contributed by atoms with Gasteiger partial charge in [-0.25, -0.2) is 0 Å². The molecule has 5 heteroatoms. The average molecular weight is 375 g/mol. The third kappa shape index (κ3) is 4.93. The lowest BCUT2D eigenvalue weighted by molar-refractivity contribution is 0.0919. The minimum atomic E-state index is -0.329. The Morgan fingerprint density at radius 2 is 1.52 bits per heavy atom. The van der Waals surface area contributed by atoms with Gasteiger partial charge in [0.15, 0.2) is 0 Å². The molecule has 2 N–H and O–H groups in total. The van der Waals surface area contributed by atoms with Crippen LogP contribution < -0.4 is 10.6 Å². The summed E-state index contributed by atoms with van der Waals surface area (Å²) in [7, 11) is 0. The Hall–Kier alpha value is -2.14. The van der Waals surface area contributed by atoms with Crippen molar-refractivity contribution in [1.29, 1.82) is 0 Å². The van der Waals surface area contributed by atoms with E-state index in [4.69, 9.17) is 0 Å². The molecule has 0 bridgehead atoms. The Morgan fingerprint density at radius 1 is 0.913 bits per heavy atom. The van der Waals surface area contributed by atoms with Crippen LogP contribution in [0.3, 0.4) is 0 Å². The number of carbonyl (C=O) groups is 2.